The van der Waals surface area contributed by atoms with Gasteiger partial charge in [-0.05, 0) is 12.8 Å². The van der Waals surface area contributed by atoms with Crippen molar-refractivity contribution in [3.8, 4) is 0 Å². The highest BCUT2D eigenvalue weighted by molar-refractivity contribution is 7.15. The topological polar surface area (TPSA) is 63.8 Å². The number of hydrogen-bond donors (Lipinski definition) is 1. The quantitative estimate of drug-likeness (QED) is 0.920. The van der Waals surface area contributed by atoms with E-state index < -0.39 is 11.4 Å². The zero-order chi connectivity index (χ0) is 12.6. The molecule has 1 aliphatic rings. The molecule has 0 aromatic carbocycles. The Morgan fingerprint density at radius 1 is 1.67 bits per heavy atom. The van der Waals surface area contributed by atoms with E-state index in [1.165, 1.54) is 0 Å². The maximum Gasteiger partial charge on any atom is 0.312 e. The van der Waals surface area contributed by atoms with Crippen molar-refractivity contribution in [1.82, 2.24) is 9.38 Å². The predicted octanol–water partition coefficient (Wildman–Crippen LogP) is 1.82. The smallest absolute Gasteiger partial charge is 0.312 e. The summed E-state index contributed by atoms with van der Waals surface area (Å²) >= 11 is 1.55. The van der Waals surface area contributed by atoms with Gasteiger partial charge in [0.05, 0.1) is 17.7 Å². The number of imidazole rings is 1. The molecule has 0 saturated carbocycles. The monoisotopic (exact) mass is 266 g/mol. The maximum absolute atomic E-state index is 11.5. The molecule has 1 fully saturated rings. The van der Waals surface area contributed by atoms with Gasteiger partial charge in [0.2, 0.25) is 0 Å². The molecule has 0 amide bonds. The van der Waals surface area contributed by atoms with E-state index in [0.29, 0.717) is 19.4 Å². The first-order valence-corrected chi connectivity index (χ1v) is 6.80. The summed E-state index contributed by atoms with van der Waals surface area (Å²) in [6, 6.07) is 0. The van der Waals surface area contributed by atoms with Gasteiger partial charge in [-0.15, -0.1) is 11.3 Å². The van der Waals surface area contributed by atoms with E-state index in [1.54, 1.807) is 11.3 Å². The largest absolute Gasteiger partial charge is 0.481 e. The fraction of sp³-hybridized carbons (Fsp3) is 0.500. The number of aromatic nitrogens is 2. The molecule has 1 N–H and O–H groups in total. The van der Waals surface area contributed by atoms with Crippen molar-refractivity contribution in [2.75, 3.05) is 13.2 Å². The first kappa shape index (κ1) is 11.7. The lowest BCUT2D eigenvalue weighted by Crippen LogP contribution is -2.41. The number of nitrogens with zero attached hydrogens (tertiary/aromatic N) is 2. The molecule has 6 heteroatoms. The second-order valence-corrected chi connectivity index (χ2v) is 5.62. The summed E-state index contributed by atoms with van der Waals surface area (Å²) in [5, 5.41) is 11.4. The average molecular weight is 266 g/mol. The molecule has 3 rings (SSSR count). The Hall–Kier alpha value is -1.40. The van der Waals surface area contributed by atoms with E-state index in [1.807, 2.05) is 22.2 Å². The number of carbonyl (C=O) groups is 1. The molecule has 1 unspecified atom stereocenters. The Morgan fingerprint density at radius 2 is 2.56 bits per heavy atom. The van der Waals surface area contributed by atoms with Gasteiger partial charge in [-0.3, -0.25) is 9.20 Å². The molecule has 1 saturated heterocycles. The number of rotatable bonds is 3. The number of hydrogen-bond acceptors (Lipinski definition) is 4. The van der Waals surface area contributed by atoms with Gasteiger partial charge < -0.3 is 9.84 Å². The normalized spacial score (nSPS) is 24.4. The van der Waals surface area contributed by atoms with Crippen molar-refractivity contribution in [2.24, 2.45) is 5.41 Å². The lowest BCUT2D eigenvalue weighted by atomic mass is 9.78. The molecule has 1 aliphatic heterocycles. The molecule has 3 heterocycles. The van der Waals surface area contributed by atoms with E-state index in [0.717, 1.165) is 17.1 Å². The van der Waals surface area contributed by atoms with Crippen molar-refractivity contribution in [3.05, 3.63) is 23.5 Å². The highest BCUT2D eigenvalue weighted by Crippen LogP contribution is 2.33. The van der Waals surface area contributed by atoms with Crippen LogP contribution in [0.2, 0.25) is 0 Å². The molecule has 0 bridgehead atoms. The predicted molar refractivity (Wildman–Crippen MR) is 66.9 cm³/mol. The number of carboxylic acid groups (broad SMARTS) is 1. The zero-order valence-corrected chi connectivity index (χ0v) is 10.7. The molecule has 18 heavy (non-hydrogen) atoms. The summed E-state index contributed by atoms with van der Waals surface area (Å²) in [5.74, 6) is -0.779. The average Bonchev–Trinajstić information content (AvgIpc) is 2.90. The number of thiazole rings is 1. The first-order chi connectivity index (χ1) is 8.70. The molecule has 0 radical (unpaired) electrons. The van der Waals surface area contributed by atoms with Crippen molar-refractivity contribution < 1.29 is 14.6 Å². The first-order valence-electron chi connectivity index (χ1n) is 5.92. The van der Waals surface area contributed by atoms with Crippen LogP contribution in [0.25, 0.3) is 4.96 Å². The molecule has 5 nitrogen and oxygen atoms in total. The highest BCUT2D eigenvalue weighted by atomic mass is 32.1. The van der Waals surface area contributed by atoms with Crippen LogP contribution in [0.5, 0.6) is 0 Å². The summed E-state index contributed by atoms with van der Waals surface area (Å²) in [7, 11) is 0. The second-order valence-electron chi connectivity index (χ2n) is 4.74. The number of ether oxygens (including phenoxy) is 1. The lowest BCUT2D eigenvalue weighted by Gasteiger charge is -2.32. The van der Waals surface area contributed by atoms with Gasteiger partial charge in [-0.25, -0.2) is 4.98 Å². The molecule has 0 aliphatic carbocycles. The standard InChI is InChI=1S/C12H14N2O3S/c15-10(16)12(2-1-4-17-8-12)6-9-7-14-3-5-18-11(14)13-9/h3,5,7H,1-2,4,6,8H2,(H,15,16). The van der Waals surface area contributed by atoms with E-state index >= 15 is 0 Å². The van der Waals surface area contributed by atoms with Crippen LogP contribution in [0, 0.1) is 5.41 Å². The Labute approximate surface area is 108 Å². The Bertz CT molecular complexity index is 540. The molecule has 2 aromatic heterocycles. The number of carboxylic acids is 1. The lowest BCUT2D eigenvalue weighted by molar-refractivity contribution is -0.157. The highest BCUT2D eigenvalue weighted by Gasteiger charge is 2.41. The molecule has 0 spiro atoms. The van der Waals surface area contributed by atoms with Crippen LogP contribution in [0.15, 0.2) is 17.8 Å². The van der Waals surface area contributed by atoms with Crippen molar-refractivity contribution in [1.29, 1.82) is 0 Å². The fourth-order valence-electron chi connectivity index (χ4n) is 2.44. The van der Waals surface area contributed by atoms with Crippen LogP contribution >= 0.6 is 11.3 Å². The fourth-order valence-corrected chi connectivity index (χ4v) is 3.16. The molecular formula is C12H14N2O3S. The third kappa shape index (κ3) is 1.91. The van der Waals surface area contributed by atoms with Crippen LogP contribution in [0.3, 0.4) is 0 Å². The molecular weight excluding hydrogens is 252 g/mol. The molecule has 2 aromatic rings. The Morgan fingerprint density at radius 3 is 3.22 bits per heavy atom. The van der Waals surface area contributed by atoms with E-state index in [9.17, 15) is 9.90 Å². The van der Waals surface area contributed by atoms with Crippen LogP contribution in [-0.2, 0) is 16.0 Å². The van der Waals surface area contributed by atoms with E-state index in [2.05, 4.69) is 4.98 Å². The number of fused-ring (bicyclic) bond motifs is 1. The van der Waals surface area contributed by atoms with Crippen LogP contribution in [0.1, 0.15) is 18.5 Å². The Balaban J connectivity index is 1.88. The van der Waals surface area contributed by atoms with Crippen LogP contribution < -0.4 is 0 Å². The molecule has 96 valence electrons. The zero-order valence-electron chi connectivity index (χ0n) is 9.83. The van der Waals surface area contributed by atoms with E-state index in [-0.39, 0.29) is 6.61 Å². The second kappa shape index (κ2) is 4.37. The summed E-state index contributed by atoms with van der Waals surface area (Å²) in [5.41, 5.74) is 0.0252. The van der Waals surface area contributed by atoms with E-state index in [4.69, 9.17) is 4.74 Å². The van der Waals surface area contributed by atoms with Gasteiger partial charge in [0.1, 0.15) is 0 Å². The van der Waals surface area contributed by atoms with Gasteiger partial charge in [-0.2, -0.15) is 0 Å². The minimum absolute atomic E-state index is 0.285. The third-order valence-electron chi connectivity index (χ3n) is 3.44. The SMILES string of the molecule is O=C(O)C1(Cc2cn3ccsc3n2)CCCOC1. The number of aliphatic carboxylic acids is 1. The summed E-state index contributed by atoms with van der Waals surface area (Å²) in [6.45, 7) is 0.945. The van der Waals surface area contributed by atoms with Gasteiger partial charge >= 0.3 is 5.97 Å². The minimum atomic E-state index is -0.803. The minimum Gasteiger partial charge on any atom is -0.481 e. The summed E-state index contributed by atoms with van der Waals surface area (Å²) in [4.78, 5) is 16.9. The van der Waals surface area contributed by atoms with Gasteiger partial charge in [0.15, 0.2) is 4.96 Å². The van der Waals surface area contributed by atoms with Crippen molar-refractivity contribution in [3.63, 3.8) is 0 Å². The van der Waals surface area contributed by atoms with Gasteiger partial charge in [-0.1, -0.05) is 0 Å². The van der Waals surface area contributed by atoms with Crippen LogP contribution in [-0.4, -0.2) is 33.7 Å². The Kier molecular flexibility index (Phi) is 2.83. The molecule has 1 atom stereocenters. The van der Waals surface area contributed by atoms with Crippen molar-refractivity contribution >= 4 is 22.3 Å². The van der Waals surface area contributed by atoms with Crippen LogP contribution in [0.4, 0.5) is 0 Å². The van der Waals surface area contributed by atoms with Gasteiger partial charge in [0.25, 0.3) is 0 Å². The van der Waals surface area contributed by atoms with Gasteiger partial charge in [0, 0.05) is 30.8 Å². The van der Waals surface area contributed by atoms with Crippen molar-refractivity contribution in [2.45, 2.75) is 19.3 Å². The third-order valence-corrected chi connectivity index (χ3v) is 4.21. The summed E-state index contributed by atoms with van der Waals surface area (Å²) < 4.78 is 7.29. The maximum atomic E-state index is 11.5. The summed E-state index contributed by atoms with van der Waals surface area (Å²) in [6.07, 6.45) is 5.74.